The molecule has 7 heteroatoms. The number of rotatable bonds is 5. The predicted octanol–water partition coefficient (Wildman–Crippen LogP) is 1.93. The summed E-state index contributed by atoms with van der Waals surface area (Å²) in [4.78, 5) is 12.2. The summed E-state index contributed by atoms with van der Waals surface area (Å²) in [5.74, 6) is 0.0872. The summed E-state index contributed by atoms with van der Waals surface area (Å²) in [7, 11) is -0.603. The first-order valence-electron chi connectivity index (χ1n) is 6.16. The molecule has 0 aliphatic carbocycles. The van der Waals surface area contributed by atoms with Crippen molar-refractivity contribution >= 4 is 38.5 Å². The summed E-state index contributed by atoms with van der Waals surface area (Å²) in [5.41, 5.74) is 0.383. The zero-order valence-electron chi connectivity index (χ0n) is 12.0. The van der Waals surface area contributed by atoms with E-state index >= 15 is 0 Å². The van der Waals surface area contributed by atoms with Gasteiger partial charge in [0.25, 0.3) is 5.91 Å². The van der Waals surface area contributed by atoms with E-state index in [2.05, 4.69) is 5.32 Å². The Bertz CT molecular complexity index is 598. The van der Waals surface area contributed by atoms with Crippen LogP contribution in [0.15, 0.2) is 23.1 Å². The van der Waals surface area contributed by atoms with Gasteiger partial charge in [0.05, 0.1) is 10.5 Å². The van der Waals surface area contributed by atoms with Gasteiger partial charge in [0.1, 0.15) is 0 Å². The zero-order chi connectivity index (χ0) is 15.5. The third kappa shape index (κ3) is 4.16. The SMILES string of the molecule is CC(C)CNC(=O)c1cc(S(=O)(=O)N(C)C)ccc1I. The monoisotopic (exact) mass is 410 g/mol. The topological polar surface area (TPSA) is 66.5 Å². The summed E-state index contributed by atoms with van der Waals surface area (Å²) < 4.78 is 26.0. The molecule has 0 spiro atoms. The molecule has 112 valence electrons. The van der Waals surface area contributed by atoms with Gasteiger partial charge in [-0.15, -0.1) is 0 Å². The smallest absolute Gasteiger partial charge is 0.252 e. The van der Waals surface area contributed by atoms with Crippen molar-refractivity contribution in [3.05, 3.63) is 27.3 Å². The lowest BCUT2D eigenvalue weighted by Crippen LogP contribution is -2.28. The first-order chi connectivity index (χ1) is 9.16. The second-order valence-electron chi connectivity index (χ2n) is 5.03. The maximum absolute atomic E-state index is 12.1. The predicted molar refractivity (Wildman–Crippen MR) is 87.2 cm³/mol. The summed E-state index contributed by atoms with van der Waals surface area (Å²) in [6, 6.07) is 4.57. The molecule has 0 atom stereocenters. The van der Waals surface area contributed by atoms with Gasteiger partial charge in [-0.05, 0) is 46.7 Å². The molecule has 1 aromatic carbocycles. The van der Waals surface area contributed by atoms with Crippen LogP contribution in [0.4, 0.5) is 0 Å². The fourth-order valence-corrected chi connectivity index (χ4v) is 2.95. The van der Waals surface area contributed by atoms with E-state index in [0.29, 0.717) is 18.0 Å². The molecule has 0 aliphatic rings. The molecule has 0 fully saturated rings. The Morgan fingerprint density at radius 1 is 1.35 bits per heavy atom. The van der Waals surface area contributed by atoms with Crippen molar-refractivity contribution in [2.75, 3.05) is 20.6 Å². The molecule has 0 aromatic heterocycles. The number of benzene rings is 1. The molecule has 1 rings (SSSR count). The van der Waals surface area contributed by atoms with E-state index < -0.39 is 10.0 Å². The van der Waals surface area contributed by atoms with Crippen LogP contribution in [0.1, 0.15) is 24.2 Å². The third-order valence-corrected chi connectivity index (χ3v) is 5.38. The summed E-state index contributed by atoms with van der Waals surface area (Å²) in [5, 5.41) is 2.79. The fourth-order valence-electron chi connectivity index (χ4n) is 1.44. The molecule has 5 nitrogen and oxygen atoms in total. The Kier molecular flexibility index (Phi) is 5.96. The molecule has 0 saturated carbocycles. The number of hydrogen-bond donors (Lipinski definition) is 1. The number of amides is 1. The van der Waals surface area contributed by atoms with E-state index in [0.717, 1.165) is 7.88 Å². The second kappa shape index (κ2) is 6.86. The first-order valence-corrected chi connectivity index (χ1v) is 8.68. The minimum absolute atomic E-state index is 0.123. The molecule has 0 bridgehead atoms. The standard InChI is InChI=1S/C13H19IN2O3S/c1-9(2)8-15-13(17)11-7-10(5-6-12(11)14)20(18,19)16(3)4/h5-7,9H,8H2,1-4H3,(H,15,17). The molecule has 1 amide bonds. The van der Waals surface area contributed by atoms with Crippen LogP contribution in [0.25, 0.3) is 0 Å². The van der Waals surface area contributed by atoms with Crippen molar-refractivity contribution in [2.45, 2.75) is 18.7 Å². The molecule has 0 unspecified atom stereocenters. The summed E-state index contributed by atoms with van der Waals surface area (Å²) in [6.07, 6.45) is 0. The Morgan fingerprint density at radius 2 is 1.95 bits per heavy atom. The van der Waals surface area contributed by atoms with E-state index in [1.807, 2.05) is 36.4 Å². The number of halogens is 1. The highest BCUT2D eigenvalue weighted by Gasteiger charge is 2.20. The third-order valence-electron chi connectivity index (χ3n) is 2.63. The van der Waals surface area contributed by atoms with Crippen LogP contribution in [0, 0.1) is 9.49 Å². The number of hydrogen-bond acceptors (Lipinski definition) is 3. The molecule has 1 aromatic rings. The first kappa shape index (κ1) is 17.4. The van der Waals surface area contributed by atoms with Gasteiger partial charge in [-0.1, -0.05) is 13.8 Å². The van der Waals surface area contributed by atoms with Crippen molar-refractivity contribution in [3.8, 4) is 0 Å². The van der Waals surface area contributed by atoms with Crippen LogP contribution in [0.2, 0.25) is 0 Å². The van der Waals surface area contributed by atoms with E-state index in [-0.39, 0.29) is 10.8 Å². The van der Waals surface area contributed by atoms with Crippen LogP contribution in [0.5, 0.6) is 0 Å². The highest BCUT2D eigenvalue weighted by molar-refractivity contribution is 14.1. The van der Waals surface area contributed by atoms with Gasteiger partial charge in [0, 0.05) is 24.2 Å². The van der Waals surface area contributed by atoms with Crippen molar-refractivity contribution in [3.63, 3.8) is 0 Å². The number of nitrogens with one attached hydrogen (secondary N) is 1. The summed E-state index contributed by atoms with van der Waals surface area (Å²) >= 11 is 2.03. The lowest BCUT2D eigenvalue weighted by Gasteiger charge is -2.14. The molecule has 0 aliphatic heterocycles. The summed E-state index contributed by atoms with van der Waals surface area (Å²) in [6.45, 7) is 4.55. The van der Waals surface area contributed by atoms with E-state index in [1.54, 1.807) is 6.07 Å². The second-order valence-corrected chi connectivity index (χ2v) is 8.35. The average molecular weight is 410 g/mol. The average Bonchev–Trinajstić information content (AvgIpc) is 2.35. The molecule has 20 heavy (non-hydrogen) atoms. The number of nitrogens with zero attached hydrogens (tertiary/aromatic N) is 1. The van der Waals surface area contributed by atoms with Gasteiger partial charge in [0.15, 0.2) is 0 Å². The van der Waals surface area contributed by atoms with Crippen molar-refractivity contribution in [1.29, 1.82) is 0 Å². The van der Waals surface area contributed by atoms with Crippen LogP contribution < -0.4 is 5.32 Å². The Hall–Kier alpha value is -0.670. The van der Waals surface area contributed by atoms with Gasteiger partial charge in [-0.2, -0.15) is 0 Å². The number of carbonyl (C=O) groups is 1. The van der Waals surface area contributed by atoms with Gasteiger partial charge < -0.3 is 5.32 Å². The molecule has 1 N–H and O–H groups in total. The van der Waals surface area contributed by atoms with Crippen molar-refractivity contribution < 1.29 is 13.2 Å². The quantitative estimate of drug-likeness (QED) is 0.755. The van der Waals surface area contributed by atoms with Crippen molar-refractivity contribution in [1.82, 2.24) is 9.62 Å². The lowest BCUT2D eigenvalue weighted by atomic mass is 10.2. The van der Waals surface area contributed by atoms with Gasteiger partial charge in [-0.25, -0.2) is 12.7 Å². The lowest BCUT2D eigenvalue weighted by molar-refractivity contribution is 0.0948. The normalized spacial score (nSPS) is 11.9. The van der Waals surface area contributed by atoms with Crippen LogP contribution in [-0.2, 0) is 10.0 Å². The van der Waals surface area contributed by atoms with Gasteiger partial charge in [-0.3, -0.25) is 4.79 Å². The molecular formula is C13H19IN2O3S. The maximum Gasteiger partial charge on any atom is 0.252 e. The molecule has 0 radical (unpaired) electrons. The van der Waals surface area contributed by atoms with E-state index in [4.69, 9.17) is 0 Å². The number of carbonyl (C=O) groups excluding carboxylic acids is 1. The van der Waals surface area contributed by atoms with E-state index in [9.17, 15) is 13.2 Å². The fraction of sp³-hybridized carbons (Fsp3) is 0.462. The Balaban J connectivity index is 3.13. The maximum atomic E-state index is 12.1. The molecule has 0 heterocycles. The van der Waals surface area contributed by atoms with Gasteiger partial charge in [0.2, 0.25) is 10.0 Å². The Morgan fingerprint density at radius 3 is 2.45 bits per heavy atom. The number of sulfonamides is 1. The Labute approximate surface area is 133 Å². The highest BCUT2D eigenvalue weighted by atomic mass is 127. The minimum Gasteiger partial charge on any atom is -0.352 e. The molecular weight excluding hydrogens is 391 g/mol. The highest BCUT2D eigenvalue weighted by Crippen LogP contribution is 2.20. The minimum atomic E-state index is -3.53. The van der Waals surface area contributed by atoms with Crippen LogP contribution in [0.3, 0.4) is 0 Å². The van der Waals surface area contributed by atoms with Crippen LogP contribution in [-0.4, -0.2) is 39.3 Å². The zero-order valence-corrected chi connectivity index (χ0v) is 14.9. The van der Waals surface area contributed by atoms with Crippen LogP contribution >= 0.6 is 22.6 Å². The van der Waals surface area contributed by atoms with Gasteiger partial charge >= 0.3 is 0 Å². The van der Waals surface area contributed by atoms with E-state index in [1.165, 1.54) is 26.2 Å². The largest absolute Gasteiger partial charge is 0.352 e. The van der Waals surface area contributed by atoms with Crippen molar-refractivity contribution in [2.24, 2.45) is 5.92 Å². The molecule has 0 saturated heterocycles.